The summed E-state index contributed by atoms with van der Waals surface area (Å²) < 4.78 is 0. The van der Waals surface area contributed by atoms with Crippen molar-refractivity contribution in [1.82, 2.24) is 5.32 Å². The molecule has 0 spiro atoms. The van der Waals surface area contributed by atoms with Crippen molar-refractivity contribution in [2.45, 2.75) is 49.9 Å². The number of aliphatic hydroxyl groups is 1. The molecule has 3 nitrogen and oxygen atoms in total. The summed E-state index contributed by atoms with van der Waals surface area (Å²) >= 11 is 1.69. The van der Waals surface area contributed by atoms with Crippen molar-refractivity contribution < 1.29 is 9.90 Å². The van der Waals surface area contributed by atoms with Gasteiger partial charge in [-0.05, 0) is 19.1 Å². The number of nitrogens with one attached hydrogen (secondary N) is 1. The van der Waals surface area contributed by atoms with E-state index in [0.717, 1.165) is 25.7 Å². The minimum Gasteiger partial charge on any atom is -0.388 e. The zero-order valence-electron chi connectivity index (χ0n) is 9.58. The molecule has 1 fully saturated rings. The van der Waals surface area contributed by atoms with Crippen molar-refractivity contribution in [1.29, 1.82) is 0 Å². The molecular formula is C11H21NO2S. The van der Waals surface area contributed by atoms with Gasteiger partial charge < -0.3 is 10.4 Å². The van der Waals surface area contributed by atoms with Crippen molar-refractivity contribution in [2.75, 3.05) is 12.8 Å². The molecule has 0 aromatic rings. The van der Waals surface area contributed by atoms with Crippen LogP contribution in [0.25, 0.3) is 0 Å². The average Bonchev–Trinajstić information content (AvgIpc) is 2.63. The van der Waals surface area contributed by atoms with Crippen molar-refractivity contribution in [3.05, 3.63) is 0 Å². The molecule has 0 aromatic heterocycles. The van der Waals surface area contributed by atoms with Crippen LogP contribution in [0.5, 0.6) is 0 Å². The molecule has 1 unspecified atom stereocenters. The van der Waals surface area contributed by atoms with Crippen molar-refractivity contribution in [3.63, 3.8) is 0 Å². The molecule has 0 bridgehead atoms. The Hall–Kier alpha value is -0.220. The molecule has 1 atom stereocenters. The summed E-state index contributed by atoms with van der Waals surface area (Å²) in [5.74, 6) is 0.0529. The van der Waals surface area contributed by atoms with Crippen LogP contribution in [0.15, 0.2) is 0 Å². The molecule has 1 rings (SSSR count). The van der Waals surface area contributed by atoms with Gasteiger partial charge in [-0.2, -0.15) is 11.8 Å². The van der Waals surface area contributed by atoms with Gasteiger partial charge in [-0.3, -0.25) is 4.79 Å². The normalized spacial score (nSPS) is 21.3. The lowest BCUT2D eigenvalue weighted by Crippen LogP contribution is -2.41. The van der Waals surface area contributed by atoms with E-state index in [1.165, 1.54) is 0 Å². The summed E-state index contributed by atoms with van der Waals surface area (Å²) in [5.41, 5.74) is -0.627. The highest BCUT2D eigenvalue weighted by Gasteiger charge is 2.31. The Labute approximate surface area is 96.0 Å². The SMILES string of the molecule is CSC(C)CC(=O)NCC1(O)CCCC1. The van der Waals surface area contributed by atoms with E-state index < -0.39 is 5.60 Å². The Morgan fingerprint density at radius 3 is 2.67 bits per heavy atom. The topological polar surface area (TPSA) is 49.3 Å². The van der Waals surface area contributed by atoms with E-state index in [1.807, 2.05) is 13.2 Å². The van der Waals surface area contributed by atoms with Crippen LogP contribution in [0.4, 0.5) is 0 Å². The van der Waals surface area contributed by atoms with E-state index >= 15 is 0 Å². The van der Waals surface area contributed by atoms with Crippen molar-refractivity contribution >= 4 is 17.7 Å². The van der Waals surface area contributed by atoms with Crippen LogP contribution in [0.2, 0.25) is 0 Å². The molecule has 1 aliphatic carbocycles. The fraction of sp³-hybridized carbons (Fsp3) is 0.909. The van der Waals surface area contributed by atoms with Crippen LogP contribution in [0.3, 0.4) is 0 Å². The van der Waals surface area contributed by atoms with Gasteiger partial charge in [-0.25, -0.2) is 0 Å². The molecule has 88 valence electrons. The largest absolute Gasteiger partial charge is 0.388 e. The second-order valence-electron chi connectivity index (χ2n) is 4.46. The highest BCUT2D eigenvalue weighted by atomic mass is 32.2. The van der Waals surface area contributed by atoms with Crippen molar-refractivity contribution in [2.24, 2.45) is 0 Å². The summed E-state index contributed by atoms with van der Waals surface area (Å²) in [6.45, 7) is 2.46. The van der Waals surface area contributed by atoms with Crippen LogP contribution in [0.1, 0.15) is 39.0 Å². The van der Waals surface area contributed by atoms with E-state index in [4.69, 9.17) is 0 Å². The van der Waals surface area contributed by atoms with Gasteiger partial charge in [0.1, 0.15) is 0 Å². The summed E-state index contributed by atoms with van der Waals surface area (Å²) in [4.78, 5) is 11.5. The third-order valence-corrected chi connectivity index (χ3v) is 4.00. The summed E-state index contributed by atoms with van der Waals surface area (Å²) in [5, 5.41) is 13.2. The number of rotatable bonds is 5. The second-order valence-corrected chi connectivity index (χ2v) is 5.73. The van der Waals surface area contributed by atoms with E-state index in [9.17, 15) is 9.90 Å². The van der Waals surface area contributed by atoms with E-state index in [1.54, 1.807) is 11.8 Å². The fourth-order valence-electron chi connectivity index (χ4n) is 1.89. The van der Waals surface area contributed by atoms with Crippen LogP contribution in [-0.2, 0) is 4.79 Å². The number of thioether (sulfide) groups is 1. The molecule has 0 heterocycles. The standard InChI is InChI=1S/C11H21NO2S/c1-9(15-2)7-10(13)12-8-11(14)5-3-4-6-11/h9,14H,3-8H2,1-2H3,(H,12,13). The minimum absolute atomic E-state index is 0.0529. The second kappa shape index (κ2) is 5.75. The highest BCUT2D eigenvalue weighted by Crippen LogP contribution is 2.28. The molecule has 0 saturated heterocycles. The van der Waals surface area contributed by atoms with Crippen LogP contribution >= 0.6 is 11.8 Å². The number of amides is 1. The number of hydrogen-bond donors (Lipinski definition) is 2. The maximum absolute atomic E-state index is 11.5. The fourth-order valence-corrected chi connectivity index (χ4v) is 2.21. The molecule has 1 amide bonds. The third kappa shape index (κ3) is 4.43. The lowest BCUT2D eigenvalue weighted by Gasteiger charge is -2.22. The first-order valence-electron chi connectivity index (χ1n) is 5.58. The molecule has 0 aliphatic heterocycles. The third-order valence-electron chi connectivity index (χ3n) is 3.02. The molecule has 1 saturated carbocycles. The smallest absolute Gasteiger partial charge is 0.221 e. The molecular weight excluding hydrogens is 210 g/mol. The number of hydrogen-bond acceptors (Lipinski definition) is 3. The number of carbonyl (C=O) groups is 1. The van der Waals surface area contributed by atoms with Gasteiger partial charge in [-0.1, -0.05) is 19.8 Å². The van der Waals surface area contributed by atoms with E-state index in [2.05, 4.69) is 5.32 Å². The Morgan fingerprint density at radius 2 is 2.13 bits per heavy atom. The first-order chi connectivity index (χ1) is 7.06. The Bertz CT molecular complexity index is 215. The lowest BCUT2D eigenvalue weighted by molar-refractivity contribution is -0.122. The van der Waals surface area contributed by atoms with E-state index in [-0.39, 0.29) is 5.91 Å². The maximum atomic E-state index is 11.5. The zero-order valence-corrected chi connectivity index (χ0v) is 10.4. The van der Waals surface area contributed by atoms with Gasteiger partial charge in [0.25, 0.3) is 0 Å². The van der Waals surface area contributed by atoms with Crippen LogP contribution < -0.4 is 5.32 Å². The molecule has 4 heteroatoms. The van der Waals surface area contributed by atoms with Gasteiger partial charge in [-0.15, -0.1) is 0 Å². The summed E-state index contributed by atoms with van der Waals surface area (Å²) in [6.07, 6.45) is 6.34. The van der Waals surface area contributed by atoms with Gasteiger partial charge in [0.05, 0.1) is 5.60 Å². The maximum Gasteiger partial charge on any atom is 0.221 e. The molecule has 1 aliphatic rings. The van der Waals surface area contributed by atoms with Gasteiger partial charge in [0.2, 0.25) is 5.91 Å². The quantitative estimate of drug-likeness (QED) is 0.755. The Balaban J connectivity index is 2.21. The van der Waals surface area contributed by atoms with Gasteiger partial charge in [0.15, 0.2) is 0 Å². The number of carbonyl (C=O) groups excluding carboxylic acids is 1. The molecule has 0 radical (unpaired) electrons. The molecule has 2 N–H and O–H groups in total. The molecule has 15 heavy (non-hydrogen) atoms. The molecule has 0 aromatic carbocycles. The van der Waals surface area contributed by atoms with Crippen LogP contribution in [0, 0.1) is 0 Å². The average molecular weight is 231 g/mol. The lowest BCUT2D eigenvalue weighted by atomic mass is 10.0. The predicted octanol–water partition coefficient (Wildman–Crippen LogP) is 1.55. The summed E-state index contributed by atoms with van der Waals surface area (Å²) in [7, 11) is 0. The van der Waals surface area contributed by atoms with Gasteiger partial charge in [0, 0.05) is 18.2 Å². The summed E-state index contributed by atoms with van der Waals surface area (Å²) in [6, 6.07) is 0. The highest BCUT2D eigenvalue weighted by molar-refractivity contribution is 7.99. The van der Waals surface area contributed by atoms with Gasteiger partial charge >= 0.3 is 0 Å². The zero-order chi connectivity index (χ0) is 11.3. The van der Waals surface area contributed by atoms with E-state index in [0.29, 0.717) is 18.2 Å². The first kappa shape index (κ1) is 12.8. The predicted molar refractivity (Wildman–Crippen MR) is 64.0 cm³/mol. The Kier molecular flexibility index (Phi) is 4.93. The first-order valence-corrected chi connectivity index (χ1v) is 6.86. The Morgan fingerprint density at radius 1 is 1.53 bits per heavy atom. The van der Waals surface area contributed by atoms with Crippen LogP contribution in [-0.4, -0.2) is 34.7 Å². The monoisotopic (exact) mass is 231 g/mol. The van der Waals surface area contributed by atoms with Crippen molar-refractivity contribution in [3.8, 4) is 0 Å². The minimum atomic E-state index is -0.627.